The van der Waals surface area contributed by atoms with E-state index in [1.165, 1.54) is 19.4 Å². The first-order valence-electron chi connectivity index (χ1n) is 6.00. The van der Waals surface area contributed by atoms with Crippen molar-refractivity contribution in [1.29, 1.82) is 5.41 Å². The van der Waals surface area contributed by atoms with Crippen molar-refractivity contribution in [3.05, 3.63) is 11.1 Å². The van der Waals surface area contributed by atoms with Gasteiger partial charge in [-0.2, -0.15) is 0 Å². The molecule has 0 aliphatic carbocycles. The van der Waals surface area contributed by atoms with Crippen molar-refractivity contribution in [2.75, 3.05) is 20.1 Å². The van der Waals surface area contributed by atoms with Gasteiger partial charge in [-0.1, -0.05) is 11.6 Å². The molecule has 90 valence electrons. The maximum absolute atomic E-state index is 8.08. The van der Waals surface area contributed by atoms with Gasteiger partial charge in [-0.25, -0.2) is 0 Å². The molecule has 0 spiro atoms. The predicted octanol–water partition coefficient (Wildman–Crippen LogP) is 2.27. The third-order valence-corrected chi connectivity index (χ3v) is 4.23. The van der Waals surface area contributed by atoms with Gasteiger partial charge in [-0.05, 0) is 39.8 Å². The van der Waals surface area contributed by atoms with Crippen LogP contribution in [0.25, 0.3) is 0 Å². The molecule has 2 saturated heterocycles. The molecule has 0 saturated carbocycles. The van der Waals surface area contributed by atoms with Crippen LogP contribution < -0.4 is 0 Å². The molecule has 0 radical (unpaired) electrons. The zero-order valence-corrected chi connectivity index (χ0v) is 10.8. The molecule has 0 amide bonds. The third-order valence-electron chi connectivity index (χ3n) is 3.97. The molecule has 2 aliphatic heterocycles. The Labute approximate surface area is 103 Å². The molecule has 3 nitrogen and oxygen atoms in total. The number of halogens is 1. The number of hydrogen-bond acceptors (Lipinski definition) is 2. The van der Waals surface area contributed by atoms with Gasteiger partial charge in [0.2, 0.25) is 0 Å². The van der Waals surface area contributed by atoms with E-state index in [2.05, 4.69) is 23.8 Å². The third kappa shape index (κ3) is 1.98. The first kappa shape index (κ1) is 11.9. The van der Waals surface area contributed by atoms with Crippen LogP contribution in [0.4, 0.5) is 0 Å². The lowest BCUT2D eigenvalue weighted by Gasteiger charge is -2.34. The minimum atomic E-state index is 0.425. The molecule has 0 aromatic rings. The van der Waals surface area contributed by atoms with Crippen LogP contribution >= 0.6 is 11.6 Å². The molecular weight excluding hydrogens is 222 g/mol. The van der Waals surface area contributed by atoms with Gasteiger partial charge < -0.3 is 9.80 Å². The van der Waals surface area contributed by atoms with E-state index in [0.717, 1.165) is 18.5 Å². The quantitative estimate of drug-likeness (QED) is 0.804. The van der Waals surface area contributed by atoms with Crippen molar-refractivity contribution in [3.8, 4) is 0 Å². The standard InChI is InChI=1S/C12H20ClN3/c1-9(11-4-3-6-15(11)2)16-7-5-10(8-13)12(16)14/h8-9,11,14H,3-7H2,1-2H3/t9?,11-/m0/s1. The Morgan fingerprint density at radius 3 is 2.75 bits per heavy atom. The van der Waals surface area contributed by atoms with Gasteiger partial charge in [0.25, 0.3) is 0 Å². The van der Waals surface area contributed by atoms with Crippen LogP contribution in [-0.2, 0) is 0 Å². The van der Waals surface area contributed by atoms with E-state index in [4.69, 9.17) is 17.0 Å². The maximum Gasteiger partial charge on any atom is 0.125 e. The van der Waals surface area contributed by atoms with E-state index in [1.807, 2.05) is 0 Å². The van der Waals surface area contributed by atoms with Gasteiger partial charge in [0.15, 0.2) is 0 Å². The Morgan fingerprint density at radius 2 is 2.25 bits per heavy atom. The zero-order valence-electron chi connectivity index (χ0n) is 10.0. The molecule has 2 fully saturated rings. The van der Waals surface area contributed by atoms with E-state index in [1.54, 1.807) is 5.54 Å². The van der Waals surface area contributed by atoms with Gasteiger partial charge in [-0.3, -0.25) is 5.41 Å². The van der Waals surface area contributed by atoms with Crippen molar-refractivity contribution in [1.82, 2.24) is 9.80 Å². The molecule has 1 unspecified atom stereocenters. The summed E-state index contributed by atoms with van der Waals surface area (Å²) in [6.07, 6.45) is 3.45. The number of amidine groups is 1. The summed E-state index contributed by atoms with van der Waals surface area (Å²) in [5.41, 5.74) is 2.54. The van der Waals surface area contributed by atoms with E-state index in [-0.39, 0.29) is 0 Å². The molecule has 2 aliphatic rings. The number of hydrogen-bond donors (Lipinski definition) is 1. The van der Waals surface area contributed by atoms with Crippen LogP contribution in [0.3, 0.4) is 0 Å². The van der Waals surface area contributed by atoms with Crippen LogP contribution in [-0.4, -0.2) is 47.9 Å². The fraction of sp³-hybridized carbons (Fsp3) is 0.750. The summed E-state index contributed by atoms with van der Waals surface area (Å²) in [6.45, 7) is 4.37. The Morgan fingerprint density at radius 1 is 1.50 bits per heavy atom. The number of nitrogens with one attached hydrogen (secondary N) is 1. The van der Waals surface area contributed by atoms with Gasteiger partial charge in [0.05, 0.1) is 0 Å². The highest BCUT2D eigenvalue weighted by atomic mass is 35.5. The minimum Gasteiger partial charge on any atom is -0.352 e. The van der Waals surface area contributed by atoms with Gasteiger partial charge in [0, 0.05) is 29.7 Å². The van der Waals surface area contributed by atoms with Crippen molar-refractivity contribution >= 4 is 17.4 Å². The minimum absolute atomic E-state index is 0.425. The largest absolute Gasteiger partial charge is 0.352 e. The lowest BCUT2D eigenvalue weighted by molar-refractivity contribution is 0.194. The van der Waals surface area contributed by atoms with Crippen molar-refractivity contribution in [2.45, 2.75) is 38.3 Å². The number of nitrogens with zero attached hydrogens (tertiary/aromatic N) is 2. The van der Waals surface area contributed by atoms with E-state index in [0.29, 0.717) is 17.9 Å². The van der Waals surface area contributed by atoms with Crippen LogP contribution in [0, 0.1) is 5.41 Å². The van der Waals surface area contributed by atoms with E-state index in [9.17, 15) is 0 Å². The Balaban J connectivity index is 2.05. The Bertz CT molecular complexity index is 313. The number of likely N-dealkylation sites (tertiary alicyclic amines) is 2. The van der Waals surface area contributed by atoms with Crippen molar-refractivity contribution in [3.63, 3.8) is 0 Å². The average molecular weight is 242 g/mol. The molecule has 2 atom stereocenters. The van der Waals surface area contributed by atoms with Gasteiger partial charge in [-0.15, -0.1) is 0 Å². The summed E-state index contributed by atoms with van der Waals surface area (Å²) in [6, 6.07) is 1.02. The summed E-state index contributed by atoms with van der Waals surface area (Å²) in [5, 5.41) is 8.08. The first-order chi connectivity index (χ1) is 7.65. The van der Waals surface area contributed by atoms with Crippen molar-refractivity contribution < 1.29 is 0 Å². The van der Waals surface area contributed by atoms with Gasteiger partial charge >= 0.3 is 0 Å². The number of rotatable bonds is 2. The van der Waals surface area contributed by atoms with Crippen LogP contribution in [0.2, 0.25) is 0 Å². The second-order valence-electron chi connectivity index (χ2n) is 4.86. The maximum atomic E-state index is 8.08. The molecule has 0 bridgehead atoms. The monoisotopic (exact) mass is 241 g/mol. The molecule has 1 N–H and O–H groups in total. The average Bonchev–Trinajstić information content (AvgIpc) is 2.84. The van der Waals surface area contributed by atoms with Crippen LogP contribution in [0.5, 0.6) is 0 Å². The van der Waals surface area contributed by atoms with Gasteiger partial charge in [0.1, 0.15) is 5.84 Å². The topological polar surface area (TPSA) is 30.3 Å². The molecule has 16 heavy (non-hydrogen) atoms. The zero-order chi connectivity index (χ0) is 11.7. The SMILES string of the molecule is CC([C@@H]1CCCN1C)N1CCC(=CCl)C1=N. The first-order valence-corrected chi connectivity index (χ1v) is 6.44. The summed E-state index contributed by atoms with van der Waals surface area (Å²) >= 11 is 5.72. The summed E-state index contributed by atoms with van der Waals surface area (Å²) in [4.78, 5) is 4.61. The van der Waals surface area contributed by atoms with Crippen LogP contribution in [0.15, 0.2) is 11.1 Å². The van der Waals surface area contributed by atoms with Crippen LogP contribution in [0.1, 0.15) is 26.2 Å². The highest BCUT2D eigenvalue weighted by Gasteiger charge is 2.34. The van der Waals surface area contributed by atoms with E-state index < -0.39 is 0 Å². The van der Waals surface area contributed by atoms with E-state index >= 15 is 0 Å². The second kappa shape index (κ2) is 4.76. The molecule has 2 heterocycles. The molecule has 0 aromatic heterocycles. The predicted molar refractivity (Wildman–Crippen MR) is 68.1 cm³/mol. The highest BCUT2D eigenvalue weighted by molar-refractivity contribution is 6.28. The lowest BCUT2D eigenvalue weighted by Crippen LogP contribution is -2.46. The second-order valence-corrected chi connectivity index (χ2v) is 5.08. The normalized spacial score (nSPS) is 31.7. The molecule has 4 heteroatoms. The summed E-state index contributed by atoms with van der Waals surface area (Å²) < 4.78 is 0. The molecular formula is C12H20ClN3. The highest BCUT2D eigenvalue weighted by Crippen LogP contribution is 2.27. The summed E-state index contributed by atoms with van der Waals surface area (Å²) in [5.74, 6) is 0.628. The molecule has 0 aromatic carbocycles. The smallest absolute Gasteiger partial charge is 0.125 e. The fourth-order valence-corrected chi connectivity index (χ4v) is 3.13. The Hall–Kier alpha value is -0.540. The molecule has 2 rings (SSSR count). The lowest BCUT2D eigenvalue weighted by atomic mass is 10.1. The summed E-state index contributed by atoms with van der Waals surface area (Å²) in [7, 11) is 2.19. The Kier molecular flexibility index (Phi) is 3.55. The fourth-order valence-electron chi connectivity index (χ4n) is 2.92. The van der Waals surface area contributed by atoms with Crippen molar-refractivity contribution in [2.24, 2.45) is 0 Å². The number of likely N-dealkylation sites (N-methyl/N-ethyl adjacent to an activating group) is 1.